The van der Waals surface area contributed by atoms with Crippen LogP contribution in [0.3, 0.4) is 0 Å². The van der Waals surface area contributed by atoms with Gasteiger partial charge in [0.05, 0.1) is 6.10 Å². The highest BCUT2D eigenvalue weighted by Crippen LogP contribution is 2.17. The molecule has 0 aromatic heterocycles. The molecule has 0 heterocycles. The number of carbonyl (C=O) groups is 3. The van der Waals surface area contributed by atoms with E-state index in [9.17, 15) is 14.4 Å². The molecule has 0 saturated carbocycles. The van der Waals surface area contributed by atoms with Crippen LogP contribution < -0.4 is 0 Å². The number of rotatable bonds is 5. The monoisotopic (exact) mass is 206 g/mol. The van der Waals surface area contributed by atoms with Crippen LogP contribution in [0.4, 0.5) is 0 Å². The first-order chi connectivity index (χ1) is 6.29. The molecule has 2 unspecified atom stereocenters. The topological polar surface area (TPSA) is 132 Å². The molecule has 14 heavy (non-hydrogen) atoms. The van der Waals surface area contributed by atoms with Crippen molar-refractivity contribution in [3.8, 4) is 0 Å². The average molecular weight is 206 g/mol. The second-order valence-corrected chi connectivity index (χ2v) is 2.76. The number of hydrogen-bond acceptors (Lipinski definition) is 4. The molecule has 4 N–H and O–H groups in total. The highest BCUT2D eigenvalue weighted by molar-refractivity contribution is 5.97. The van der Waals surface area contributed by atoms with E-state index in [4.69, 9.17) is 20.4 Å². The quantitative estimate of drug-likeness (QED) is 0.417. The Balaban J connectivity index is 5.03. The fourth-order valence-corrected chi connectivity index (χ4v) is 1.04. The molecule has 0 fully saturated rings. The van der Waals surface area contributed by atoms with Gasteiger partial charge in [0.15, 0.2) is 5.92 Å². The van der Waals surface area contributed by atoms with Crippen LogP contribution in [0.15, 0.2) is 0 Å². The van der Waals surface area contributed by atoms with Crippen LogP contribution in [-0.4, -0.2) is 44.4 Å². The number of aliphatic hydroxyl groups is 1. The Kier molecular flexibility index (Phi) is 4.03. The third-order valence-corrected chi connectivity index (χ3v) is 1.70. The summed E-state index contributed by atoms with van der Waals surface area (Å²) in [5.41, 5.74) is 0. The van der Waals surface area contributed by atoms with Crippen molar-refractivity contribution >= 4 is 17.9 Å². The van der Waals surface area contributed by atoms with Gasteiger partial charge in [-0.15, -0.1) is 0 Å². The second-order valence-electron chi connectivity index (χ2n) is 2.76. The van der Waals surface area contributed by atoms with Gasteiger partial charge in [0.2, 0.25) is 0 Å². The molecule has 0 aliphatic heterocycles. The van der Waals surface area contributed by atoms with Gasteiger partial charge in [0.25, 0.3) is 0 Å². The molecule has 0 amide bonds. The van der Waals surface area contributed by atoms with Crippen LogP contribution in [0, 0.1) is 11.8 Å². The maximum absolute atomic E-state index is 10.5. The van der Waals surface area contributed by atoms with Gasteiger partial charge in [0.1, 0.15) is 5.92 Å². The number of aliphatic hydroxyl groups excluding tert-OH is 1. The van der Waals surface area contributed by atoms with Crippen molar-refractivity contribution in [2.24, 2.45) is 11.8 Å². The molecule has 0 aliphatic carbocycles. The van der Waals surface area contributed by atoms with Crippen molar-refractivity contribution in [3.05, 3.63) is 0 Å². The van der Waals surface area contributed by atoms with Gasteiger partial charge in [-0.25, -0.2) is 0 Å². The summed E-state index contributed by atoms with van der Waals surface area (Å²) in [4.78, 5) is 31.4. The van der Waals surface area contributed by atoms with Gasteiger partial charge < -0.3 is 20.4 Å². The lowest BCUT2D eigenvalue weighted by Gasteiger charge is -2.18. The minimum atomic E-state index is -2.15. The first-order valence-corrected chi connectivity index (χ1v) is 3.65. The minimum absolute atomic E-state index is 1.03. The number of carboxylic acid groups (broad SMARTS) is 3. The van der Waals surface area contributed by atoms with Crippen LogP contribution in [0.5, 0.6) is 0 Å². The van der Waals surface area contributed by atoms with E-state index < -0.39 is 35.8 Å². The van der Waals surface area contributed by atoms with E-state index in [0.29, 0.717) is 0 Å². The van der Waals surface area contributed by atoms with E-state index in [2.05, 4.69) is 0 Å². The highest BCUT2D eigenvalue weighted by Gasteiger charge is 2.42. The van der Waals surface area contributed by atoms with Crippen LogP contribution in [-0.2, 0) is 14.4 Å². The molecule has 2 atom stereocenters. The molecule has 0 spiro atoms. The summed E-state index contributed by atoms with van der Waals surface area (Å²) >= 11 is 0. The highest BCUT2D eigenvalue weighted by atomic mass is 16.4. The van der Waals surface area contributed by atoms with Crippen LogP contribution in [0.2, 0.25) is 0 Å². The Morgan fingerprint density at radius 1 is 0.929 bits per heavy atom. The molecule has 0 radical (unpaired) electrons. The summed E-state index contributed by atoms with van der Waals surface area (Å²) in [6.45, 7) is 1.03. The number of carboxylic acids is 3. The fraction of sp³-hybridized carbons (Fsp3) is 0.571. The normalized spacial score (nSPS) is 14.8. The van der Waals surface area contributed by atoms with Gasteiger partial charge in [-0.05, 0) is 6.92 Å². The van der Waals surface area contributed by atoms with Gasteiger partial charge in [0, 0.05) is 0 Å². The van der Waals surface area contributed by atoms with Gasteiger partial charge in [-0.1, -0.05) is 0 Å². The summed E-state index contributed by atoms with van der Waals surface area (Å²) in [5.74, 6) is -9.23. The summed E-state index contributed by atoms with van der Waals surface area (Å²) in [6, 6.07) is 0. The maximum Gasteiger partial charge on any atom is 0.318 e. The van der Waals surface area contributed by atoms with Crippen molar-refractivity contribution in [2.75, 3.05) is 0 Å². The molecule has 0 aliphatic rings. The van der Waals surface area contributed by atoms with Gasteiger partial charge >= 0.3 is 17.9 Å². The predicted molar refractivity (Wildman–Crippen MR) is 41.6 cm³/mol. The molecule has 0 saturated heterocycles. The van der Waals surface area contributed by atoms with Crippen molar-refractivity contribution in [1.82, 2.24) is 0 Å². The summed E-state index contributed by atoms with van der Waals surface area (Å²) in [7, 11) is 0. The van der Waals surface area contributed by atoms with Crippen LogP contribution in [0.1, 0.15) is 6.92 Å². The fourth-order valence-electron chi connectivity index (χ4n) is 1.04. The Bertz CT molecular complexity index is 243. The van der Waals surface area contributed by atoms with E-state index in [1.54, 1.807) is 0 Å². The van der Waals surface area contributed by atoms with Crippen molar-refractivity contribution in [2.45, 2.75) is 13.0 Å². The molecule has 0 aromatic rings. The SMILES string of the molecule is CC(O)C(C(=O)O)C(C(=O)O)C(=O)O. The molecular weight excluding hydrogens is 196 g/mol. The number of hydrogen-bond donors (Lipinski definition) is 4. The van der Waals surface area contributed by atoms with Gasteiger partial charge in [-0.3, -0.25) is 14.4 Å². The largest absolute Gasteiger partial charge is 0.481 e. The van der Waals surface area contributed by atoms with E-state index >= 15 is 0 Å². The summed E-state index contributed by atoms with van der Waals surface area (Å²) in [5, 5.41) is 34.4. The standard InChI is InChI=1S/C7H10O7/c1-2(8)3(5(9)10)4(6(11)12)7(13)14/h2-4,8H,1H3,(H,9,10)(H,11,12)(H,13,14). The zero-order valence-electron chi connectivity index (χ0n) is 7.25. The smallest absolute Gasteiger partial charge is 0.318 e. The van der Waals surface area contributed by atoms with Crippen molar-refractivity contribution < 1.29 is 34.8 Å². The Hall–Kier alpha value is -1.63. The molecule has 0 rings (SSSR count). The zero-order chi connectivity index (χ0) is 11.5. The summed E-state index contributed by atoms with van der Waals surface area (Å²) < 4.78 is 0. The lowest BCUT2D eigenvalue weighted by atomic mass is 9.88. The molecule has 0 aromatic carbocycles. The summed E-state index contributed by atoms with van der Waals surface area (Å²) in [6.07, 6.45) is -1.55. The molecule has 7 nitrogen and oxygen atoms in total. The van der Waals surface area contributed by atoms with E-state index in [0.717, 1.165) is 6.92 Å². The lowest BCUT2D eigenvalue weighted by Crippen LogP contribution is -2.41. The first kappa shape index (κ1) is 12.4. The minimum Gasteiger partial charge on any atom is -0.481 e. The van der Waals surface area contributed by atoms with Crippen LogP contribution in [0.25, 0.3) is 0 Å². The second kappa shape index (κ2) is 4.56. The molecule has 0 bridgehead atoms. The Morgan fingerprint density at radius 3 is 1.36 bits per heavy atom. The third kappa shape index (κ3) is 2.70. The Labute approximate surface area is 78.6 Å². The maximum atomic E-state index is 10.5. The lowest BCUT2D eigenvalue weighted by molar-refractivity contribution is -0.168. The van der Waals surface area contributed by atoms with Crippen molar-refractivity contribution in [1.29, 1.82) is 0 Å². The molecular formula is C7H10O7. The van der Waals surface area contributed by atoms with Crippen molar-refractivity contribution in [3.63, 3.8) is 0 Å². The zero-order valence-corrected chi connectivity index (χ0v) is 7.25. The predicted octanol–water partition coefficient (Wildman–Crippen LogP) is -1.15. The average Bonchev–Trinajstić information content (AvgIpc) is 1.96. The molecule has 7 heteroatoms. The van der Waals surface area contributed by atoms with E-state index in [1.807, 2.05) is 0 Å². The Morgan fingerprint density at radius 2 is 1.29 bits per heavy atom. The first-order valence-electron chi connectivity index (χ1n) is 3.65. The van der Waals surface area contributed by atoms with E-state index in [-0.39, 0.29) is 0 Å². The molecule has 80 valence electrons. The van der Waals surface area contributed by atoms with E-state index in [1.165, 1.54) is 0 Å². The van der Waals surface area contributed by atoms with Gasteiger partial charge in [-0.2, -0.15) is 0 Å². The third-order valence-electron chi connectivity index (χ3n) is 1.70. The van der Waals surface area contributed by atoms with Crippen LogP contribution >= 0.6 is 0 Å². The number of aliphatic carboxylic acids is 3.